The standard InChI is InChI=1S/C18H17BO2/c20-19(21)18-12-16(14-7-3-1-4-8-14)11-17(13-18)15-9-5-2-6-10-15/h1-9,11-13,15,20-21H,10H2. The average molecular weight is 276 g/mol. The van der Waals surface area contributed by atoms with Crippen LogP contribution in [-0.2, 0) is 0 Å². The van der Waals surface area contributed by atoms with Gasteiger partial charge < -0.3 is 10.0 Å². The zero-order chi connectivity index (χ0) is 14.7. The maximum atomic E-state index is 9.54. The molecule has 0 aliphatic heterocycles. The van der Waals surface area contributed by atoms with Crippen molar-refractivity contribution in [3.05, 3.63) is 78.4 Å². The van der Waals surface area contributed by atoms with E-state index in [4.69, 9.17) is 0 Å². The molecule has 0 saturated carbocycles. The molecule has 2 nitrogen and oxygen atoms in total. The molecule has 3 rings (SSSR count). The van der Waals surface area contributed by atoms with Crippen LogP contribution < -0.4 is 5.46 Å². The molecule has 0 saturated heterocycles. The summed E-state index contributed by atoms with van der Waals surface area (Å²) in [6.45, 7) is 0. The molecule has 21 heavy (non-hydrogen) atoms. The highest BCUT2D eigenvalue weighted by Crippen LogP contribution is 2.28. The van der Waals surface area contributed by atoms with E-state index < -0.39 is 7.12 Å². The number of rotatable bonds is 3. The van der Waals surface area contributed by atoms with Crippen LogP contribution in [0.25, 0.3) is 11.1 Å². The topological polar surface area (TPSA) is 40.5 Å². The van der Waals surface area contributed by atoms with Crippen LogP contribution in [0.1, 0.15) is 17.9 Å². The quantitative estimate of drug-likeness (QED) is 0.846. The van der Waals surface area contributed by atoms with Crippen LogP contribution >= 0.6 is 0 Å². The monoisotopic (exact) mass is 276 g/mol. The van der Waals surface area contributed by atoms with Gasteiger partial charge in [0, 0.05) is 5.92 Å². The van der Waals surface area contributed by atoms with Gasteiger partial charge in [-0.2, -0.15) is 0 Å². The molecule has 0 heterocycles. The van der Waals surface area contributed by atoms with Crippen molar-refractivity contribution in [1.29, 1.82) is 0 Å². The lowest BCUT2D eigenvalue weighted by Gasteiger charge is -2.17. The molecule has 3 heteroatoms. The Morgan fingerprint density at radius 3 is 2.38 bits per heavy atom. The summed E-state index contributed by atoms with van der Waals surface area (Å²) in [7, 11) is -1.45. The maximum absolute atomic E-state index is 9.54. The summed E-state index contributed by atoms with van der Waals surface area (Å²) >= 11 is 0. The van der Waals surface area contributed by atoms with E-state index in [1.54, 1.807) is 0 Å². The third-order valence-corrected chi connectivity index (χ3v) is 3.79. The maximum Gasteiger partial charge on any atom is 0.488 e. The van der Waals surface area contributed by atoms with E-state index in [9.17, 15) is 10.0 Å². The molecule has 1 aliphatic carbocycles. The first-order valence-electron chi connectivity index (χ1n) is 7.14. The van der Waals surface area contributed by atoms with Crippen molar-refractivity contribution in [2.75, 3.05) is 0 Å². The van der Waals surface area contributed by atoms with Crippen LogP contribution in [0.15, 0.2) is 72.8 Å². The molecular formula is C18H17BO2. The van der Waals surface area contributed by atoms with Gasteiger partial charge in [-0.15, -0.1) is 0 Å². The van der Waals surface area contributed by atoms with Gasteiger partial charge in [0.15, 0.2) is 0 Å². The van der Waals surface area contributed by atoms with Crippen molar-refractivity contribution in [1.82, 2.24) is 0 Å². The molecule has 0 amide bonds. The predicted octanol–water partition coefficient (Wildman–Crippen LogP) is 2.63. The average Bonchev–Trinajstić information content (AvgIpc) is 2.56. The minimum atomic E-state index is -1.45. The lowest BCUT2D eigenvalue weighted by molar-refractivity contribution is 0.425. The lowest BCUT2D eigenvalue weighted by atomic mass is 9.76. The lowest BCUT2D eigenvalue weighted by Crippen LogP contribution is -2.30. The Hall–Kier alpha value is -2.10. The van der Waals surface area contributed by atoms with Crippen LogP contribution in [0, 0.1) is 0 Å². The van der Waals surface area contributed by atoms with Crippen molar-refractivity contribution < 1.29 is 10.0 Å². The molecule has 2 aromatic rings. The number of hydrogen-bond donors (Lipinski definition) is 2. The SMILES string of the molecule is OB(O)c1cc(-c2ccccc2)cc(C2C=CC=CC2)c1. The Kier molecular flexibility index (Phi) is 4.04. The first-order valence-corrected chi connectivity index (χ1v) is 7.14. The normalized spacial score (nSPS) is 17.0. The summed E-state index contributed by atoms with van der Waals surface area (Å²) in [6, 6.07) is 15.9. The third kappa shape index (κ3) is 3.15. The largest absolute Gasteiger partial charge is 0.488 e. The summed E-state index contributed by atoms with van der Waals surface area (Å²) in [5.41, 5.74) is 3.74. The van der Waals surface area contributed by atoms with Crippen molar-refractivity contribution in [3.8, 4) is 11.1 Å². The second-order valence-corrected chi connectivity index (χ2v) is 5.28. The van der Waals surface area contributed by atoms with Gasteiger partial charge in [-0.1, -0.05) is 72.8 Å². The highest BCUT2D eigenvalue weighted by Gasteiger charge is 2.17. The minimum Gasteiger partial charge on any atom is -0.423 e. The third-order valence-electron chi connectivity index (χ3n) is 3.79. The summed E-state index contributed by atoms with van der Waals surface area (Å²) in [5, 5.41) is 19.1. The van der Waals surface area contributed by atoms with E-state index >= 15 is 0 Å². The fourth-order valence-corrected chi connectivity index (χ4v) is 2.66. The van der Waals surface area contributed by atoms with Crippen LogP contribution in [0.5, 0.6) is 0 Å². The van der Waals surface area contributed by atoms with E-state index in [-0.39, 0.29) is 5.92 Å². The zero-order valence-electron chi connectivity index (χ0n) is 11.7. The molecular weight excluding hydrogens is 259 g/mol. The van der Waals surface area contributed by atoms with Crippen LogP contribution in [0.4, 0.5) is 0 Å². The predicted molar refractivity (Wildman–Crippen MR) is 87.3 cm³/mol. The molecule has 1 aliphatic rings. The molecule has 104 valence electrons. The van der Waals surface area contributed by atoms with Crippen molar-refractivity contribution in [2.24, 2.45) is 0 Å². The van der Waals surface area contributed by atoms with E-state index in [1.807, 2.05) is 54.6 Å². The van der Waals surface area contributed by atoms with Crippen LogP contribution in [-0.4, -0.2) is 17.2 Å². The van der Waals surface area contributed by atoms with Crippen LogP contribution in [0.2, 0.25) is 0 Å². The van der Waals surface area contributed by atoms with E-state index in [2.05, 4.69) is 18.2 Å². The highest BCUT2D eigenvalue weighted by atomic mass is 16.4. The van der Waals surface area contributed by atoms with Gasteiger partial charge in [0.2, 0.25) is 0 Å². The molecule has 0 spiro atoms. The Balaban J connectivity index is 2.06. The number of hydrogen-bond acceptors (Lipinski definition) is 2. The molecule has 1 unspecified atom stereocenters. The Morgan fingerprint density at radius 2 is 1.71 bits per heavy atom. The molecule has 0 fully saturated rings. The summed E-state index contributed by atoms with van der Waals surface area (Å²) < 4.78 is 0. The second-order valence-electron chi connectivity index (χ2n) is 5.28. The first kappa shape index (κ1) is 13.9. The highest BCUT2D eigenvalue weighted by molar-refractivity contribution is 6.58. The molecule has 2 aromatic carbocycles. The fourth-order valence-electron chi connectivity index (χ4n) is 2.66. The minimum absolute atomic E-state index is 0.288. The van der Waals surface area contributed by atoms with Gasteiger partial charge in [0.05, 0.1) is 0 Å². The van der Waals surface area contributed by atoms with Gasteiger partial charge >= 0.3 is 7.12 Å². The van der Waals surface area contributed by atoms with Gasteiger partial charge in [-0.25, -0.2) is 0 Å². The van der Waals surface area contributed by atoms with Gasteiger partial charge in [0.25, 0.3) is 0 Å². The molecule has 0 bridgehead atoms. The summed E-state index contributed by atoms with van der Waals surface area (Å²) in [6.07, 6.45) is 9.31. The van der Waals surface area contributed by atoms with Crippen molar-refractivity contribution >= 4 is 12.6 Å². The van der Waals surface area contributed by atoms with Crippen molar-refractivity contribution in [3.63, 3.8) is 0 Å². The van der Waals surface area contributed by atoms with Gasteiger partial charge in [-0.05, 0) is 28.6 Å². The number of allylic oxidation sites excluding steroid dienone is 4. The van der Waals surface area contributed by atoms with E-state index in [0.717, 1.165) is 23.1 Å². The van der Waals surface area contributed by atoms with Gasteiger partial charge in [0.1, 0.15) is 0 Å². The molecule has 0 radical (unpaired) electrons. The zero-order valence-corrected chi connectivity index (χ0v) is 11.7. The Morgan fingerprint density at radius 1 is 0.905 bits per heavy atom. The van der Waals surface area contributed by atoms with E-state index in [0.29, 0.717) is 5.46 Å². The smallest absolute Gasteiger partial charge is 0.423 e. The molecule has 1 atom stereocenters. The summed E-state index contributed by atoms with van der Waals surface area (Å²) in [5.74, 6) is 0.288. The van der Waals surface area contributed by atoms with Crippen molar-refractivity contribution in [2.45, 2.75) is 12.3 Å². The number of benzene rings is 2. The first-order chi connectivity index (χ1) is 10.2. The van der Waals surface area contributed by atoms with Gasteiger partial charge in [-0.3, -0.25) is 0 Å². The Labute approximate surface area is 125 Å². The molecule has 0 aromatic heterocycles. The van der Waals surface area contributed by atoms with Crippen LogP contribution in [0.3, 0.4) is 0 Å². The fraction of sp³-hybridized carbons (Fsp3) is 0.111. The second kappa shape index (κ2) is 6.12. The Bertz CT molecular complexity index is 675. The molecule has 2 N–H and O–H groups in total. The van der Waals surface area contributed by atoms with E-state index in [1.165, 1.54) is 0 Å². The summed E-state index contributed by atoms with van der Waals surface area (Å²) in [4.78, 5) is 0.